The van der Waals surface area contributed by atoms with Crippen molar-refractivity contribution in [2.75, 3.05) is 19.5 Å². The van der Waals surface area contributed by atoms with Gasteiger partial charge in [-0.15, -0.1) is 0 Å². The first-order valence-corrected chi connectivity index (χ1v) is 7.67. The Balaban J connectivity index is 2.42. The van der Waals surface area contributed by atoms with E-state index >= 15 is 0 Å². The third-order valence-electron chi connectivity index (χ3n) is 4.68. The Hall–Kier alpha value is -1.16. The van der Waals surface area contributed by atoms with E-state index in [0.29, 0.717) is 0 Å². The molecule has 112 valence electrons. The highest BCUT2D eigenvalue weighted by molar-refractivity contribution is 5.46. The van der Waals surface area contributed by atoms with Crippen LogP contribution in [0.5, 0.6) is 0 Å². The van der Waals surface area contributed by atoms with E-state index in [9.17, 15) is 0 Å². The second-order valence-electron chi connectivity index (χ2n) is 5.94. The molecule has 0 saturated heterocycles. The Morgan fingerprint density at radius 1 is 1.30 bits per heavy atom. The van der Waals surface area contributed by atoms with Gasteiger partial charge in [0.15, 0.2) is 5.82 Å². The molecule has 1 aliphatic rings. The van der Waals surface area contributed by atoms with Crippen molar-refractivity contribution in [2.45, 2.75) is 58.5 Å². The van der Waals surface area contributed by atoms with Gasteiger partial charge in [-0.05, 0) is 44.9 Å². The number of aryl methyl sites for hydroxylation is 1. The Bertz CT molecular complexity index is 465. The first kappa shape index (κ1) is 15.2. The Morgan fingerprint density at radius 2 is 1.95 bits per heavy atom. The molecule has 1 aromatic rings. The topological polar surface area (TPSA) is 47.0 Å². The second kappa shape index (κ2) is 6.08. The summed E-state index contributed by atoms with van der Waals surface area (Å²) in [5, 5.41) is 3.21. The van der Waals surface area contributed by atoms with E-state index in [4.69, 9.17) is 14.7 Å². The molecule has 0 aliphatic heterocycles. The predicted octanol–water partition coefficient (Wildman–Crippen LogP) is 3.44. The summed E-state index contributed by atoms with van der Waals surface area (Å²) < 4.78 is 5.89. The average Bonchev–Trinajstić information content (AvgIpc) is 2.47. The van der Waals surface area contributed by atoms with Crippen LogP contribution in [0.4, 0.5) is 5.82 Å². The highest BCUT2D eigenvalue weighted by Gasteiger charge is 2.39. The molecule has 0 bridgehead atoms. The lowest BCUT2D eigenvalue weighted by Crippen LogP contribution is -2.35. The SMILES string of the molecule is CCc1c(C)nc(C2(OC)CCC(C)CC2)nc1NC. The van der Waals surface area contributed by atoms with Crippen molar-refractivity contribution in [2.24, 2.45) is 5.92 Å². The zero-order valence-corrected chi connectivity index (χ0v) is 13.4. The lowest BCUT2D eigenvalue weighted by Gasteiger charge is -2.37. The highest BCUT2D eigenvalue weighted by Crippen LogP contribution is 2.41. The van der Waals surface area contributed by atoms with E-state index in [1.54, 1.807) is 7.11 Å². The number of nitrogens with zero attached hydrogens (tertiary/aromatic N) is 2. The van der Waals surface area contributed by atoms with Gasteiger partial charge in [-0.25, -0.2) is 9.97 Å². The third kappa shape index (κ3) is 2.66. The molecule has 4 nitrogen and oxygen atoms in total. The Labute approximate surface area is 122 Å². The van der Waals surface area contributed by atoms with Crippen LogP contribution in [0.15, 0.2) is 0 Å². The molecule has 1 aliphatic carbocycles. The van der Waals surface area contributed by atoms with Crippen molar-refractivity contribution < 1.29 is 4.74 Å². The molecule has 1 saturated carbocycles. The molecule has 0 atom stereocenters. The molecule has 20 heavy (non-hydrogen) atoms. The standard InChI is InChI=1S/C16H27N3O/c1-6-13-12(3)18-15(19-14(13)17-4)16(20-5)9-7-11(2)8-10-16/h11H,6-10H2,1-5H3,(H,17,18,19). The number of aromatic nitrogens is 2. The fourth-order valence-corrected chi connectivity index (χ4v) is 3.18. The summed E-state index contributed by atoms with van der Waals surface area (Å²) >= 11 is 0. The van der Waals surface area contributed by atoms with Crippen LogP contribution in [0.1, 0.15) is 56.6 Å². The van der Waals surface area contributed by atoms with Crippen molar-refractivity contribution >= 4 is 5.82 Å². The number of hydrogen-bond donors (Lipinski definition) is 1. The van der Waals surface area contributed by atoms with E-state index in [2.05, 4.69) is 26.1 Å². The number of nitrogens with one attached hydrogen (secondary N) is 1. The van der Waals surface area contributed by atoms with Crippen molar-refractivity contribution in [3.8, 4) is 0 Å². The normalized spacial score (nSPS) is 26.6. The average molecular weight is 277 g/mol. The highest BCUT2D eigenvalue weighted by atomic mass is 16.5. The number of anilines is 1. The summed E-state index contributed by atoms with van der Waals surface area (Å²) in [6.07, 6.45) is 5.33. The molecule has 4 heteroatoms. The van der Waals surface area contributed by atoms with E-state index in [1.807, 2.05) is 7.05 Å². The number of methoxy groups -OCH3 is 1. The summed E-state index contributed by atoms with van der Waals surface area (Å²) in [5.41, 5.74) is 1.97. The van der Waals surface area contributed by atoms with Gasteiger partial charge in [0.1, 0.15) is 11.4 Å². The summed E-state index contributed by atoms with van der Waals surface area (Å²) in [5.74, 6) is 2.58. The maximum atomic E-state index is 5.89. The number of rotatable bonds is 4. The van der Waals surface area contributed by atoms with Crippen LogP contribution in [-0.2, 0) is 16.8 Å². The van der Waals surface area contributed by atoms with Crippen molar-refractivity contribution in [3.63, 3.8) is 0 Å². The number of hydrogen-bond acceptors (Lipinski definition) is 4. The molecule has 0 spiro atoms. The van der Waals surface area contributed by atoms with Crippen LogP contribution >= 0.6 is 0 Å². The van der Waals surface area contributed by atoms with Crippen LogP contribution < -0.4 is 5.32 Å². The van der Waals surface area contributed by atoms with Gasteiger partial charge in [-0.1, -0.05) is 13.8 Å². The molecular formula is C16H27N3O. The lowest BCUT2D eigenvalue weighted by molar-refractivity contribution is -0.0597. The van der Waals surface area contributed by atoms with Crippen LogP contribution in [-0.4, -0.2) is 24.1 Å². The molecule has 2 rings (SSSR count). The van der Waals surface area contributed by atoms with E-state index in [1.165, 1.54) is 18.4 Å². The molecule has 1 heterocycles. The summed E-state index contributed by atoms with van der Waals surface area (Å²) in [6.45, 7) is 6.52. The largest absolute Gasteiger partial charge is 0.373 e. The van der Waals surface area contributed by atoms with Crippen molar-refractivity contribution in [1.82, 2.24) is 9.97 Å². The summed E-state index contributed by atoms with van der Waals surface area (Å²) in [6, 6.07) is 0. The van der Waals surface area contributed by atoms with E-state index < -0.39 is 0 Å². The summed E-state index contributed by atoms with van der Waals surface area (Å²) in [7, 11) is 3.72. The van der Waals surface area contributed by atoms with Gasteiger partial charge in [-0.2, -0.15) is 0 Å². The van der Waals surface area contributed by atoms with E-state index in [-0.39, 0.29) is 5.60 Å². The monoisotopic (exact) mass is 277 g/mol. The van der Waals surface area contributed by atoms with Crippen LogP contribution in [0, 0.1) is 12.8 Å². The number of ether oxygens (including phenoxy) is 1. The molecule has 1 N–H and O–H groups in total. The zero-order chi connectivity index (χ0) is 14.8. The molecule has 0 amide bonds. The molecule has 1 aromatic heterocycles. The minimum absolute atomic E-state index is 0.296. The minimum Gasteiger partial charge on any atom is -0.373 e. The molecule has 0 radical (unpaired) electrons. The fraction of sp³-hybridized carbons (Fsp3) is 0.750. The van der Waals surface area contributed by atoms with Gasteiger partial charge in [0.25, 0.3) is 0 Å². The van der Waals surface area contributed by atoms with Gasteiger partial charge < -0.3 is 10.1 Å². The van der Waals surface area contributed by atoms with E-state index in [0.717, 1.165) is 42.5 Å². The Kier molecular flexibility index (Phi) is 4.63. The summed E-state index contributed by atoms with van der Waals surface area (Å²) in [4.78, 5) is 9.54. The second-order valence-corrected chi connectivity index (χ2v) is 5.94. The molecular weight excluding hydrogens is 250 g/mol. The van der Waals surface area contributed by atoms with Crippen LogP contribution in [0.3, 0.4) is 0 Å². The minimum atomic E-state index is -0.296. The Morgan fingerprint density at radius 3 is 2.45 bits per heavy atom. The van der Waals surface area contributed by atoms with Gasteiger partial charge >= 0.3 is 0 Å². The van der Waals surface area contributed by atoms with Gasteiger partial charge in [0, 0.05) is 25.4 Å². The van der Waals surface area contributed by atoms with Gasteiger partial charge in [0.2, 0.25) is 0 Å². The maximum absolute atomic E-state index is 5.89. The lowest BCUT2D eigenvalue weighted by atomic mass is 9.79. The maximum Gasteiger partial charge on any atom is 0.162 e. The fourth-order valence-electron chi connectivity index (χ4n) is 3.18. The molecule has 1 fully saturated rings. The van der Waals surface area contributed by atoms with Gasteiger partial charge in [-0.3, -0.25) is 0 Å². The molecule has 0 aromatic carbocycles. The predicted molar refractivity (Wildman–Crippen MR) is 82.0 cm³/mol. The first-order chi connectivity index (χ1) is 9.56. The van der Waals surface area contributed by atoms with Crippen LogP contribution in [0.2, 0.25) is 0 Å². The smallest absolute Gasteiger partial charge is 0.162 e. The van der Waals surface area contributed by atoms with Crippen LogP contribution in [0.25, 0.3) is 0 Å². The third-order valence-corrected chi connectivity index (χ3v) is 4.68. The first-order valence-electron chi connectivity index (χ1n) is 7.67. The quantitative estimate of drug-likeness (QED) is 0.915. The van der Waals surface area contributed by atoms with Gasteiger partial charge in [0.05, 0.1) is 0 Å². The van der Waals surface area contributed by atoms with Crippen molar-refractivity contribution in [1.29, 1.82) is 0 Å². The zero-order valence-electron chi connectivity index (χ0n) is 13.4. The molecule has 0 unspecified atom stereocenters. The van der Waals surface area contributed by atoms with Crippen molar-refractivity contribution in [3.05, 3.63) is 17.1 Å².